The first-order valence-corrected chi connectivity index (χ1v) is 11.0. The summed E-state index contributed by atoms with van der Waals surface area (Å²) in [6.07, 6.45) is 1.72. The van der Waals surface area contributed by atoms with Gasteiger partial charge in [-0.05, 0) is 52.9 Å². The molecule has 0 aliphatic rings. The Morgan fingerprint density at radius 3 is 2.34 bits per heavy atom. The Balaban J connectivity index is 1.80. The van der Waals surface area contributed by atoms with Gasteiger partial charge in [-0.3, -0.25) is 9.59 Å². The molecule has 3 aromatic rings. The van der Waals surface area contributed by atoms with Crippen molar-refractivity contribution in [3.05, 3.63) is 89.2 Å². The van der Waals surface area contributed by atoms with E-state index in [0.29, 0.717) is 5.75 Å². The molecule has 0 fully saturated rings. The fourth-order valence-corrected chi connectivity index (χ4v) is 3.73. The summed E-state index contributed by atoms with van der Waals surface area (Å²) in [4.78, 5) is 23.8. The molecule has 3 rings (SSSR count). The van der Waals surface area contributed by atoms with Gasteiger partial charge in [-0.1, -0.05) is 55.8 Å². The number of ether oxygens (including phenoxy) is 1. The molecule has 32 heavy (non-hydrogen) atoms. The highest BCUT2D eigenvalue weighted by atomic mass is 35.5. The molecule has 166 valence electrons. The predicted molar refractivity (Wildman–Crippen MR) is 125 cm³/mol. The van der Waals surface area contributed by atoms with Crippen molar-refractivity contribution >= 4 is 23.5 Å². The standard InChI is InChI=1S/C26H25ClFNO3/c1-3-6-21-15-20(13-14-25(21)32-17(2)30)18-9-11-19(12-10-18)24(16-27)29-26(31)22-7-4-5-8-23(22)28/h4-5,7-15,24H,3,6,16H2,1-2H3,(H,29,31). The Bertz CT molecular complexity index is 1100. The summed E-state index contributed by atoms with van der Waals surface area (Å²) in [6, 6.07) is 18.8. The van der Waals surface area contributed by atoms with E-state index in [4.69, 9.17) is 16.3 Å². The van der Waals surface area contributed by atoms with E-state index in [2.05, 4.69) is 12.2 Å². The van der Waals surface area contributed by atoms with Crippen molar-refractivity contribution < 1.29 is 18.7 Å². The number of halogens is 2. The number of esters is 1. The van der Waals surface area contributed by atoms with Crippen LogP contribution in [-0.4, -0.2) is 17.8 Å². The van der Waals surface area contributed by atoms with Crippen LogP contribution in [0.5, 0.6) is 5.75 Å². The number of hydrogen-bond donors (Lipinski definition) is 1. The van der Waals surface area contributed by atoms with Crippen LogP contribution in [0.3, 0.4) is 0 Å². The van der Waals surface area contributed by atoms with Gasteiger partial charge >= 0.3 is 5.97 Å². The third kappa shape index (κ3) is 5.74. The van der Waals surface area contributed by atoms with E-state index in [1.807, 2.05) is 42.5 Å². The molecule has 3 aromatic carbocycles. The normalized spacial score (nSPS) is 11.6. The zero-order valence-electron chi connectivity index (χ0n) is 18.0. The summed E-state index contributed by atoms with van der Waals surface area (Å²) in [5.41, 5.74) is 3.75. The molecule has 0 aromatic heterocycles. The molecule has 1 atom stereocenters. The molecular formula is C26H25ClFNO3. The van der Waals surface area contributed by atoms with E-state index in [1.54, 1.807) is 6.07 Å². The van der Waals surface area contributed by atoms with Crippen LogP contribution in [0, 0.1) is 5.82 Å². The first-order valence-electron chi connectivity index (χ1n) is 10.5. The highest BCUT2D eigenvalue weighted by Crippen LogP contribution is 2.29. The first kappa shape index (κ1) is 23.5. The predicted octanol–water partition coefficient (Wildman–Crippen LogP) is 6.08. The maximum atomic E-state index is 13.9. The Morgan fingerprint density at radius 1 is 1.03 bits per heavy atom. The molecule has 0 saturated carbocycles. The minimum atomic E-state index is -0.575. The number of aryl methyl sites for hydroxylation is 1. The van der Waals surface area contributed by atoms with Crippen LogP contribution in [0.2, 0.25) is 0 Å². The lowest BCUT2D eigenvalue weighted by atomic mass is 9.98. The third-order valence-electron chi connectivity index (χ3n) is 5.06. The second kappa shape index (κ2) is 10.9. The number of alkyl halides is 1. The summed E-state index contributed by atoms with van der Waals surface area (Å²) in [5.74, 6) is -0.698. The molecule has 0 bridgehead atoms. The molecular weight excluding hydrogens is 429 g/mol. The highest BCUT2D eigenvalue weighted by Gasteiger charge is 2.17. The maximum Gasteiger partial charge on any atom is 0.308 e. The zero-order chi connectivity index (χ0) is 23.1. The monoisotopic (exact) mass is 453 g/mol. The van der Waals surface area contributed by atoms with Crippen molar-refractivity contribution in [2.45, 2.75) is 32.7 Å². The molecule has 4 nitrogen and oxygen atoms in total. The maximum absolute atomic E-state index is 13.9. The van der Waals surface area contributed by atoms with Crippen LogP contribution in [0.15, 0.2) is 66.7 Å². The van der Waals surface area contributed by atoms with E-state index in [9.17, 15) is 14.0 Å². The quantitative estimate of drug-likeness (QED) is 0.255. The fraction of sp³-hybridized carbons (Fsp3) is 0.231. The molecule has 0 radical (unpaired) electrons. The molecule has 0 aliphatic heterocycles. The molecule has 1 amide bonds. The summed E-state index contributed by atoms with van der Waals surface area (Å²) in [7, 11) is 0. The number of carbonyl (C=O) groups excluding carboxylic acids is 2. The van der Waals surface area contributed by atoms with Crippen molar-refractivity contribution in [1.29, 1.82) is 0 Å². The fourth-order valence-electron chi connectivity index (χ4n) is 3.48. The van der Waals surface area contributed by atoms with Crippen LogP contribution in [0.25, 0.3) is 11.1 Å². The molecule has 0 spiro atoms. The Hall–Kier alpha value is -3.18. The van der Waals surface area contributed by atoms with Crippen LogP contribution in [-0.2, 0) is 11.2 Å². The molecule has 0 heterocycles. The summed E-state index contributed by atoms with van der Waals surface area (Å²) < 4.78 is 19.2. The van der Waals surface area contributed by atoms with Gasteiger partial charge < -0.3 is 10.1 Å². The number of benzene rings is 3. The molecule has 6 heteroatoms. The average molecular weight is 454 g/mol. The number of rotatable bonds is 8. The van der Waals surface area contributed by atoms with E-state index < -0.39 is 17.8 Å². The first-order chi connectivity index (χ1) is 15.4. The molecule has 0 aliphatic carbocycles. The molecule has 1 N–H and O–H groups in total. The lowest BCUT2D eigenvalue weighted by Crippen LogP contribution is -2.30. The van der Waals surface area contributed by atoms with Crippen LogP contribution < -0.4 is 10.1 Å². The number of amides is 1. The second-order valence-corrected chi connectivity index (χ2v) is 7.76. The lowest BCUT2D eigenvalue weighted by Gasteiger charge is -2.17. The van der Waals surface area contributed by atoms with Gasteiger partial charge in [-0.2, -0.15) is 0 Å². The van der Waals surface area contributed by atoms with Crippen molar-refractivity contribution in [3.8, 4) is 16.9 Å². The molecule has 1 unspecified atom stereocenters. The lowest BCUT2D eigenvalue weighted by molar-refractivity contribution is -0.131. The number of hydrogen-bond acceptors (Lipinski definition) is 3. The van der Waals surface area contributed by atoms with E-state index in [1.165, 1.54) is 25.1 Å². The minimum Gasteiger partial charge on any atom is -0.426 e. The SMILES string of the molecule is CCCc1cc(-c2ccc(C(CCl)NC(=O)c3ccccc3F)cc2)ccc1OC(C)=O. The molecule has 0 saturated heterocycles. The Morgan fingerprint density at radius 2 is 1.72 bits per heavy atom. The second-order valence-electron chi connectivity index (χ2n) is 7.45. The highest BCUT2D eigenvalue weighted by molar-refractivity contribution is 6.18. The smallest absolute Gasteiger partial charge is 0.308 e. The Kier molecular flexibility index (Phi) is 8.01. The summed E-state index contributed by atoms with van der Waals surface area (Å²) >= 11 is 6.09. The van der Waals surface area contributed by atoms with Gasteiger partial charge in [-0.25, -0.2) is 4.39 Å². The summed E-state index contributed by atoms with van der Waals surface area (Å²) in [6.45, 7) is 3.46. The number of carbonyl (C=O) groups is 2. The minimum absolute atomic E-state index is 0.0180. The van der Waals surface area contributed by atoms with Gasteiger partial charge in [0.15, 0.2) is 0 Å². The zero-order valence-corrected chi connectivity index (χ0v) is 18.8. The van der Waals surface area contributed by atoms with Gasteiger partial charge in [0.1, 0.15) is 11.6 Å². The average Bonchev–Trinajstić information content (AvgIpc) is 2.79. The third-order valence-corrected chi connectivity index (χ3v) is 5.37. The van der Waals surface area contributed by atoms with Crippen molar-refractivity contribution in [2.24, 2.45) is 0 Å². The van der Waals surface area contributed by atoms with Crippen molar-refractivity contribution in [1.82, 2.24) is 5.32 Å². The van der Waals surface area contributed by atoms with E-state index >= 15 is 0 Å². The van der Waals surface area contributed by atoms with Crippen LogP contribution in [0.4, 0.5) is 4.39 Å². The van der Waals surface area contributed by atoms with Crippen LogP contribution >= 0.6 is 11.6 Å². The van der Waals surface area contributed by atoms with Gasteiger partial charge in [-0.15, -0.1) is 11.6 Å². The topological polar surface area (TPSA) is 55.4 Å². The van der Waals surface area contributed by atoms with Gasteiger partial charge in [0, 0.05) is 12.8 Å². The van der Waals surface area contributed by atoms with E-state index in [0.717, 1.165) is 35.1 Å². The number of nitrogens with one attached hydrogen (secondary N) is 1. The van der Waals surface area contributed by atoms with Gasteiger partial charge in [0.05, 0.1) is 11.6 Å². The van der Waals surface area contributed by atoms with Crippen molar-refractivity contribution in [3.63, 3.8) is 0 Å². The summed E-state index contributed by atoms with van der Waals surface area (Å²) in [5, 5.41) is 2.79. The Labute approximate surface area is 192 Å². The van der Waals surface area contributed by atoms with Gasteiger partial charge in [0.2, 0.25) is 0 Å². The van der Waals surface area contributed by atoms with Crippen LogP contribution in [0.1, 0.15) is 47.8 Å². The largest absolute Gasteiger partial charge is 0.426 e. The van der Waals surface area contributed by atoms with Gasteiger partial charge in [0.25, 0.3) is 5.91 Å². The van der Waals surface area contributed by atoms with Crippen molar-refractivity contribution in [2.75, 3.05) is 5.88 Å². The van der Waals surface area contributed by atoms with E-state index in [-0.39, 0.29) is 17.4 Å².